The van der Waals surface area contributed by atoms with Crippen molar-refractivity contribution in [2.75, 3.05) is 19.5 Å². The Labute approximate surface area is 104 Å². The topological polar surface area (TPSA) is 57.4 Å². The monoisotopic (exact) mass is 248 g/mol. The number of hydrogen-bond donors (Lipinski definition) is 1. The van der Waals surface area contributed by atoms with Gasteiger partial charge in [0.2, 0.25) is 0 Å². The number of aromatic nitrogens is 1. The molecule has 94 valence electrons. The number of ether oxygens (including phenoxy) is 2. The van der Waals surface area contributed by atoms with E-state index in [-0.39, 0.29) is 11.3 Å². The zero-order valence-corrected chi connectivity index (χ0v) is 10.00. The molecule has 0 bridgehead atoms. The van der Waals surface area contributed by atoms with Crippen molar-refractivity contribution < 1.29 is 13.9 Å². The molecular formula is C13H13FN2O2. The lowest BCUT2D eigenvalue weighted by Crippen LogP contribution is -2.15. The number of nitrogens with zero attached hydrogens (tertiary/aromatic N) is 1. The third kappa shape index (κ3) is 1.51. The highest BCUT2D eigenvalue weighted by molar-refractivity contribution is 5.97. The highest BCUT2D eigenvalue weighted by atomic mass is 19.1. The van der Waals surface area contributed by atoms with Gasteiger partial charge in [-0.25, -0.2) is 9.37 Å². The Hall–Kier alpha value is -1.88. The second-order valence-electron chi connectivity index (χ2n) is 4.23. The Morgan fingerprint density at radius 3 is 3.06 bits per heavy atom. The van der Waals surface area contributed by atoms with Crippen molar-refractivity contribution in [2.45, 2.75) is 13.0 Å². The van der Waals surface area contributed by atoms with Crippen LogP contribution in [0.2, 0.25) is 0 Å². The first kappa shape index (κ1) is 11.2. The molecule has 0 amide bonds. The molecule has 0 atom stereocenters. The van der Waals surface area contributed by atoms with Crippen LogP contribution >= 0.6 is 0 Å². The van der Waals surface area contributed by atoms with Gasteiger partial charge in [-0.15, -0.1) is 0 Å². The molecule has 0 saturated carbocycles. The summed E-state index contributed by atoms with van der Waals surface area (Å²) in [5.41, 5.74) is 8.56. The number of halogens is 1. The molecule has 0 fully saturated rings. The fraction of sp³-hybridized carbons (Fsp3) is 0.308. The maximum atomic E-state index is 13.8. The van der Waals surface area contributed by atoms with Crippen LogP contribution in [0.25, 0.3) is 10.9 Å². The van der Waals surface area contributed by atoms with Gasteiger partial charge in [0.1, 0.15) is 17.1 Å². The predicted octanol–water partition coefficient (Wildman–Crippen LogP) is 2.04. The van der Waals surface area contributed by atoms with Gasteiger partial charge < -0.3 is 15.2 Å². The Bertz CT molecular complexity index is 628. The molecule has 1 aliphatic rings. The minimum atomic E-state index is -0.383. The minimum Gasteiger partial charge on any atom is -0.496 e. The summed E-state index contributed by atoms with van der Waals surface area (Å²) in [4.78, 5) is 4.37. The van der Waals surface area contributed by atoms with Gasteiger partial charge >= 0.3 is 0 Å². The number of hydrogen-bond acceptors (Lipinski definition) is 4. The van der Waals surface area contributed by atoms with Gasteiger partial charge in [0.15, 0.2) is 0 Å². The zero-order chi connectivity index (χ0) is 12.7. The van der Waals surface area contributed by atoms with Crippen molar-refractivity contribution in [2.24, 2.45) is 0 Å². The van der Waals surface area contributed by atoms with Crippen LogP contribution in [-0.2, 0) is 17.8 Å². The van der Waals surface area contributed by atoms with Crippen LogP contribution in [0, 0.1) is 5.82 Å². The van der Waals surface area contributed by atoms with Crippen LogP contribution in [-0.4, -0.2) is 18.7 Å². The average Bonchev–Trinajstić information content (AvgIpc) is 2.40. The van der Waals surface area contributed by atoms with E-state index < -0.39 is 0 Å². The summed E-state index contributed by atoms with van der Waals surface area (Å²) >= 11 is 0. The Morgan fingerprint density at radius 2 is 2.28 bits per heavy atom. The number of nitrogen functional groups attached to an aromatic ring is 1. The molecule has 0 spiro atoms. The Balaban J connectivity index is 2.41. The lowest BCUT2D eigenvalue weighted by molar-refractivity contribution is 0.110. The molecule has 0 unspecified atom stereocenters. The molecule has 2 N–H and O–H groups in total. The quantitative estimate of drug-likeness (QED) is 0.839. The van der Waals surface area contributed by atoms with E-state index in [9.17, 15) is 4.39 Å². The summed E-state index contributed by atoms with van der Waals surface area (Å²) in [5.74, 6) is 0.150. The number of rotatable bonds is 1. The van der Waals surface area contributed by atoms with Crippen molar-refractivity contribution in [1.82, 2.24) is 4.98 Å². The normalized spacial score (nSPS) is 14.6. The van der Waals surface area contributed by atoms with Crippen LogP contribution in [0.1, 0.15) is 11.3 Å². The van der Waals surface area contributed by atoms with E-state index in [4.69, 9.17) is 15.2 Å². The van der Waals surface area contributed by atoms with Crippen molar-refractivity contribution >= 4 is 16.6 Å². The second-order valence-corrected chi connectivity index (χ2v) is 4.23. The van der Waals surface area contributed by atoms with E-state index in [1.165, 1.54) is 13.2 Å². The molecule has 0 radical (unpaired) electrons. The maximum Gasteiger partial charge on any atom is 0.149 e. The van der Waals surface area contributed by atoms with Gasteiger partial charge in [-0.3, -0.25) is 0 Å². The van der Waals surface area contributed by atoms with Crippen LogP contribution in [0.3, 0.4) is 0 Å². The Kier molecular flexibility index (Phi) is 2.56. The van der Waals surface area contributed by atoms with E-state index in [1.54, 1.807) is 6.07 Å². The summed E-state index contributed by atoms with van der Waals surface area (Å²) in [6.45, 7) is 1.01. The number of nitrogens with two attached hydrogens (primary N) is 1. The van der Waals surface area contributed by atoms with Crippen molar-refractivity contribution in [3.05, 3.63) is 29.2 Å². The number of anilines is 1. The molecule has 2 aromatic rings. The zero-order valence-electron chi connectivity index (χ0n) is 10.00. The molecule has 1 aliphatic heterocycles. The highest BCUT2D eigenvalue weighted by Gasteiger charge is 2.20. The molecule has 4 nitrogen and oxygen atoms in total. The van der Waals surface area contributed by atoms with Crippen LogP contribution in [0.5, 0.6) is 5.75 Å². The number of methoxy groups -OCH3 is 1. The van der Waals surface area contributed by atoms with Crippen molar-refractivity contribution in [1.29, 1.82) is 0 Å². The fourth-order valence-electron chi connectivity index (χ4n) is 2.31. The SMILES string of the molecule is COc1ccc(F)c2nc3c(c(N)c12)COCC3. The molecule has 3 rings (SSSR count). The molecule has 0 saturated heterocycles. The van der Waals surface area contributed by atoms with Crippen LogP contribution in [0.15, 0.2) is 12.1 Å². The first-order chi connectivity index (χ1) is 8.72. The van der Waals surface area contributed by atoms with Crippen LogP contribution < -0.4 is 10.5 Å². The van der Waals surface area contributed by atoms with E-state index in [0.29, 0.717) is 36.5 Å². The fourth-order valence-corrected chi connectivity index (χ4v) is 2.31. The molecule has 18 heavy (non-hydrogen) atoms. The number of fused-ring (bicyclic) bond motifs is 2. The standard InChI is InChI=1S/C13H13FN2O2/c1-17-10-3-2-8(14)13-11(10)12(15)7-6-18-5-4-9(7)16-13/h2-3H,4-6H2,1H3,(H2,15,16). The van der Waals surface area contributed by atoms with Gasteiger partial charge in [-0.2, -0.15) is 0 Å². The van der Waals surface area contributed by atoms with Gasteiger partial charge in [0, 0.05) is 12.0 Å². The lowest BCUT2D eigenvalue weighted by Gasteiger charge is -2.20. The summed E-state index contributed by atoms with van der Waals surface area (Å²) in [7, 11) is 1.53. The van der Waals surface area contributed by atoms with Gasteiger partial charge in [0.25, 0.3) is 0 Å². The lowest BCUT2D eigenvalue weighted by atomic mass is 10.0. The number of pyridine rings is 1. The highest BCUT2D eigenvalue weighted by Crippen LogP contribution is 2.36. The predicted molar refractivity (Wildman–Crippen MR) is 66.0 cm³/mol. The molecule has 1 aromatic heterocycles. The van der Waals surface area contributed by atoms with Crippen molar-refractivity contribution in [3.63, 3.8) is 0 Å². The number of benzene rings is 1. The Morgan fingerprint density at radius 1 is 1.44 bits per heavy atom. The third-order valence-corrected chi connectivity index (χ3v) is 3.23. The summed E-state index contributed by atoms with van der Waals surface area (Å²) in [5, 5.41) is 0.529. The van der Waals surface area contributed by atoms with E-state index >= 15 is 0 Å². The van der Waals surface area contributed by atoms with Gasteiger partial charge in [-0.1, -0.05) is 0 Å². The molecular weight excluding hydrogens is 235 g/mol. The minimum absolute atomic E-state index is 0.271. The maximum absolute atomic E-state index is 13.8. The molecule has 0 aliphatic carbocycles. The van der Waals surface area contributed by atoms with Gasteiger partial charge in [-0.05, 0) is 12.1 Å². The smallest absolute Gasteiger partial charge is 0.149 e. The third-order valence-electron chi connectivity index (χ3n) is 3.23. The molecule has 5 heteroatoms. The first-order valence-corrected chi connectivity index (χ1v) is 5.73. The van der Waals surface area contributed by atoms with Gasteiger partial charge in [0.05, 0.1) is 37.1 Å². The molecule has 2 heterocycles. The largest absolute Gasteiger partial charge is 0.496 e. The summed E-state index contributed by atoms with van der Waals surface area (Å²) < 4.78 is 24.4. The van der Waals surface area contributed by atoms with Crippen molar-refractivity contribution in [3.8, 4) is 5.75 Å². The molecule has 1 aromatic carbocycles. The summed E-state index contributed by atoms with van der Waals surface area (Å²) in [6.07, 6.45) is 0.659. The second kappa shape index (κ2) is 4.10. The van der Waals surface area contributed by atoms with E-state index in [1.807, 2.05) is 0 Å². The first-order valence-electron chi connectivity index (χ1n) is 5.73. The van der Waals surface area contributed by atoms with E-state index in [0.717, 1.165) is 11.3 Å². The average molecular weight is 248 g/mol. The van der Waals surface area contributed by atoms with Crippen LogP contribution in [0.4, 0.5) is 10.1 Å². The summed E-state index contributed by atoms with van der Waals surface area (Å²) in [6, 6.07) is 2.91. The van der Waals surface area contributed by atoms with E-state index in [2.05, 4.69) is 4.98 Å².